The Labute approximate surface area is 133 Å². The normalized spacial score (nSPS) is 17.3. The van der Waals surface area contributed by atoms with Gasteiger partial charge in [0.05, 0.1) is 6.20 Å². The van der Waals surface area contributed by atoms with E-state index in [1.807, 2.05) is 14.1 Å². The Morgan fingerprint density at radius 2 is 2.26 bits per heavy atom. The van der Waals surface area contributed by atoms with Crippen LogP contribution in [0.15, 0.2) is 12.5 Å². The Hall–Kier alpha value is -2.33. The molecule has 3 rings (SSSR count). The first-order valence-corrected chi connectivity index (χ1v) is 7.42. The number of H-pyrrole nitrogens is 1. The van der Waals surface area contributed by atoms with Gasteiger partial charge in [-0.25, -0.2) is 0 Å². The third-order valence-electron chi connectivity index (χ3n) is 4.39. The highest BCUT2D eigenvalue weighted by Gasteiger charge is 2.35. The maximum absolute atomic E-state index is 12.5. The summed E-state index contributed by atoms with van der Waals surface area (Å²) < 4.78 is 6.82. The molecule has 0 saturated carbocycles. The Bertz CT molecular complexity index is 645. The van der Waals surface area contributed by atoms with Crippen molar-refractivity contribution < 1.29 is 9.53 Å². The van der Waals surface area contributed by atoms with E-state index in [1.165, 1.54) is 17.2 Å². The van der Waals surface area contributed by atoms with E-state index in [1.54, 1.807) is 0 Å². The highest BCUT2D eigenvalue weighted by Crippen LogP contribution is 2.25. The van der Waals surface area contributed by atoms with Crippen LogP contribution >= 0.6 is 0 Å². The van der Waals surface area contributed by atoms with Crippen molar-refractivity contribution in [2.24, 2.45) is 0 Å². The fourth-order valence-electron chi connectivity index (χ4n) is 2.76. The fraction of sp³-hybridized carbons (Fsp3) is 0.615. The minimum Gasteiger partial charge on any atom is -0.381 e. The summed E-state index contributed by atoms with van der Waals surface area (Å²) in [5.74, 6) is 0.232. The lowest BCUT2D eigenvalue weighted by atomic mass is 9.88. The Morgan fingerprint density at radius 1 is 1.48 bits per heavy atom. The molecule has 2 N–H and O–H groups in total. The molecule has 3 heterocycles. The number of aromatic amines is 1. The summed E-state index contributed by atoms with van der Waals surface area (Å²) in [5.41, 5.74) is 0.311. The molecule has 1 amide bonds. The molecular weight excluding hydrogens is 300 g/mol. The van der Waals surface area contributed by atoms with E-state index in [0.29, 0.717) is 31.1 Å². The zero-order valence-corrected chi connectivity index (χ0v) is 13.2. The Morgan fingerprint density at radius 3 is 2.91 bits per heavy atom. The molecule has 10 nitrogen and oxygen atoms in total. The molecule has 0 aliphatic carbocycles. The topological polar surface area (TPSA) is 114 Å². The van der Waals surface area contributed by atoms with Gasteiger partial charge in [-0.2, -0.15) is 9.78 Å². The highest BCUT2D eigenvalue weighted by molar-refractivity contribution is 5.96. The van der Waals surface area contributed by atoms with Gasteiger partial charge in [-0.15, -0.1) is 5.10 Å². The second-order valence-corrected chi connectivity index (χ2v) is 5.80. The number of carbonyl (C=O) groups is 1. The zero-order valence-electron chi connectivity index (χ0n) is 13.2. The predicted octanol–water partition coefficient (Wildman–Crippen LogP) is -0.774. The van der Waals surface area contributed by atoms with Gasteiger partial charge in [0, 0.05) is 25.3 Å². The lowest BCUT2D eigenvalue weighted by Gasteiger charge is -2.42. The number of tetrazole rings is 1. The quantitative estimate of drug-likeness (QED) is 0.743. The number of ether oxygens (including phenoxy) is 1. The smallest absolute Gasteiger partial charge is 0.256 e. The van der Waals surface area contributed by atoms with Crippen LogP contribution < -0.4 is 5.32 Å². The molecule has 124 valence electrons. The number of nitrogens with zero attached hydrogens (tertiary/aromatic N) is 6. The van der Waals surface area contributed by atoms with Crippen molar-refractivity contribution in [1.29, 1.82) is 0 Å². The molecule has 1 saturated heterocycles. The number of hydrogen-bond donors (Lipinski definition) is 2. The summed E-state index contributed by atoms with van der Waals surface area (Å²) in [4.78, 5) is 14.7. The second kappa shape index (κ2) is 6.42. The minimum absolute atomic E-state index is 0.0907. The molecule has 1 aliphatic rings. The first-order valence-electron chi connectivity index (χ1n) is 7.42. The minimum atomic E-state index is -0.211. The van der Waals surface area contributed by atoms with E-state index in [4.69, 9.17) is 4.74 Å². The molecular formula is C13H20N8O2. The van der Waals surface area contributed by atoms with E-state index in [0.717, 1.165) is 12.8 Å². The van der Waals surface area contributed by atoms with Crippen molar-refractivity contribution >= 4 is 5.91 Å². The van der Waals surface area contributed by atoms with E-state index in [2.05, 4.69) is 35.9 Å². The zero-order chi connectivity index (χ0) is 16.3. The monoisotopic (exact) mass is 320 g/mol. The molecule has 2 aromatic heterocycles. The Balaban J connectivity index is 1.71. The van der Waals surface area contributed by atoms with Crippen molar-refractivity contribution in [3.05, 3.63) is 18.1 Å². The van der Waals surface area contributed by atoms with Crippen molar-refractivity contribution in [2.75, 3.05) is 33.9 Å². The number of hydrogen-bond acceptors (Lipinski definition) is 7. The van der Waals surface area contributed by atoms with E-state index in [9.17, 15) is 4.79 Å². The molecule has 0 aromatic carbocycles. The molecule has 10 heteroatoms. The van der Waals surface area contributed by atoms with Crippen LogP contribution in [-0.2, 0) is 4.74 Å². The molecule has 0 atom stereocenters. The van der Waals surface area contributed by atoms with Gasteiger partial charge >= 0.3 is 0 Å². The van der Waals surface area contributed by atoms with Crippen LogP contribution in [0.2, 0.25) is 0 Å². The summed E-state index contributed by atoms with van der Waals surface area (Å²) in [6.07, 6.45) is 4.64. The van der Waals surface area contributed by atoms with Crippen LogP contribution in [-0.4, -0.2) is 80.6 Å². The molecule has 23 heavy (non-hydrogen) atoms. The Kier molecular flexibility index (Phi) is 4.35. The third-order valence-corrected chi connectivity index (χ3v) is 4.39. The maximum Gasteiger partial charge on any atom is 0.256 e. The molecule has 2 aromatic rings. The summed E-state index contributed by atoms with van der Waals surface area (Å²) in [6, 6.07) is 0. The van der Waals surface area contributed by atoms with Crippen LogP contribution in [0.4, 0.5) is 0 Å². The predicted molar refractivity (Wildman–Crippen MR) is 80.1 cm³/mol. The summed E-state index contributed by atoms with van der Waals surface area (Å²) in [7, 11) is 4.06. The highest BCUT2D eigenvalue weighted by atomic mass is 16.5. The molecule has 0 radical (unpaired) electrons. The maximum atomic E-state index is 12.5. The first-order chi connectivity index (χ1) is 11.1. The second-order valence-electron chi connectivity index (χ2n) is 5.80. The SMILES string of the molecule is CN(C)C1(CNC(=O)c2cn[nH]c2-n2cnnn2)CCOCC1. The summed E-state index contributed by atoms with van der Waals surface area (Å²) in [5, 5.41) is 20.6. The first kappa shape index (κ1) is 15.6. The van der Waals surface area contributed by atoms with Gasteiger partial charge in [-0.3, -0.25) is 9.89 Å². The summed E-state index contributed by atoms with van der Waals surface area (Å²) in [6.45, 7) is 1.95. The third kappa shape index (κ3) is 3.08. The lowest BCUT2D eigenvalue weighted by Crippen LogP contribution is -2.55. The van der Waals surface area contributed by atoms with Gasteiger partial charge in [-0.05, 0) is 37.4 Å². The summed E-state index contributed by atoms with van der Waals surface area (Å²) >= 11 is 0. The number of aromatic nitrogens is 6. The van der Waals surface area contributed by atoms with E-state index >= 15 is 0 Å². The largest absolute Gasteiger partial charge is 0.381 e. The lowest BCUT2D eigenvalue weighted by molar-refractivity contribution is -0.00658. The van der Waals surface area contributed by atoms with Crippen LogP contribution in [0.25, 0.3) is 5.82 Å². The van der Waals surface area contributed by atoms with Crippen molar-refractivity contribution in [1.82, 2.24) is 40.6 Å². The van der Waals surface area contributed by atoms with Crippen molar-refractivity contribution in [3.8, 4) is 5.82 Å². The van der Waals surface area contributed by atoms with Crippen LogP contribution in [0.5, 0.6) is 0 Å². The molecule has 1 aliphatic heterocycles. The average Bonchev–Trinajstić information content (AvgIpc) is 3.23. The van der Waals surface area contributed by atoms with Crippen molar-refractivity contribution in [3.63, 3.8) is 0 Å². The number of likely N-dealkylation sites (N-methyl/N-ethyl adjacent to an activating group) is 1. The van der Waals surface area contributed by atoms with Crippen LogP contribution in [0.1, 0.15) is 23.2 Å². The van der Waals surface area contributed by atoms with Gasteiger partial charge in [0.15, 0.2) is 5.82 Å². The van der Waals surface area contributed by atoms with Gasteiger partial charge in [0.2, 0.25) is 0 Å². The van der Waals surface area contributed by atoms with Crippen LogP contribution in [0, 0.1) is 0 Å². The molecule has 0 spiro atoms. The number of amides is 1. The number of carbonyl (C=O) groups excluding carboxylic acids is 1. The van der Waals surface area contributed by atoms with Gasteiger partial charge < -0.3 is 15.0 Å². The van der Waals surface area contributed by atoms with Crippen molar-refractivity contribution in [2.45, 2.75) is 18.4 Å². The van der Waals surface area contributed by atoms with Gasteiger partial charge in [0.25, 0.3) is 5.91 Å². The van der Waals surface area contributed by atoms with E-state index < -0.39 is 0 Å². The molecule has 0 bridgehead atoms. The average molecular weight is 320 g/mol. The standard InChI is InChI=1S/C13H20N8O2/c1-20(2)13(3-5-23-6-4-13)8-14-12(22)10-7-15-17-11(10)21-9-16-18-19-21/h7,9H,3-6,8H2,1-2H3,(H,14,22)(H,15,17). The number of rotatable bonds is 5. The molecule has 1 fully saturated rings. The number of nitrogens with one attached hydrogen (secondary N) is 2. The van der Waals surface area contributed by atoms with E-state index in [-0.39, 0.29) is 11.4 Å². The van der Waals surface area contributed by atoms with Gasteiger partial charge in [0.1, 0.15) is 11.9 Å². The van der Waals surface area contributed by atoms with Gasteiger partial charge in [-0.1, -0.05) is 0 Å². The molecule has 0 unspecified atom stereocenters. The fourth-order valence-corrected chi connectivity index (χ4v) is 2.76. The van der Waals surface area contributed by atoms with Crippen LogP contribution in [0.3, 0.4) is 0 Å².